The van der Waals surface area contributed by atoms with E-state index in [1.54, 1.807) is 11.3 Å². The minimum atomic E-state index is 0.858. The molecule has 2 rings (SSSR count). The van der Waals surface area contributed by atoms with Crippen molar-refractivity contribution in [3.63, 3.8) is 0 Å². The van der Waals surface area contributed by atoms with Crippen molar-refractivity contribution in [1.29, 1.82) is 0 Å². The molecule has 86 valence electrons. The number of imidazole rings is 1. The smallest absolute Gasteiger partial charge is 0.0948 e. The van der Waals surface area contributed by atoms with Crippen molar-refractivity contribution in [1.82, 2.24) is 19.9 Å². The first-order valence-electron chi connectivity index (χ1n) is 5.34. The Kier molecular flexibility index (Phi) is 3.69. The Morgan fingerprint density at radius 2 is 2.38 bits per heavy atom. The number of thiazole rings is 1. The Morgan fingerprint density at radius 3 is 3.06 bits per heavy atom. The van der Waals surface area contributed by atoms with E-state index in [1.165, 1.54) is 10.7 Å². The van der Waals surface area contributed by atoms with Crippen LogP contribution in [0.3, 0.4) is 0 Å². The number of nitrogens with one attached hydrogen (secondary N) is 1. The lowest BCUT2D eigenvalue weighted by Gasteiger charge is -2.05. The molecule has 2 heterocycles. The molecule has 0 saturated heterocycles. The molecular formula is C11H16N4S. The molecule has 0 aromatic carbocycles. The van der Waals surface area contributed by atoms with E-state index in [2.05, 4.69) is 25.2 Å². The van der Waals surface area contributed by atoms with Crippen LogP contribution in [0, 0.1) is 6.92 Å². The standard InChI is InChI=1S/C11H16N4S/c1-9-7-16-11(14-9)3-4-15-8-13-6-10(15)5-12-2/h6-8,12H,3-5H2,1-2H3. The van der Waals surface area contributed by atoms with Gasteiger partial charge in [0.25, 0.3) is 0 Å². The van der Waals surface area contributed by atoms with Crippen molar-refractivity contribution < 1.29 is 0 Å². The number of nitrogens with zero attached hydrogens (tertiary/aromatic N) is 3. The van der Waals surface area contributed by atoms with Crippen molar-refractivity contribution >= 4 is 11.3 Å². The normalized spacial score (nSPS) is 10.9. The quantitative estimate of drug-likeness (QED) is 0.857. The van der Waals surface area contributed by atoms with Gasteiger partial charge in [-0.1, -0.05) is 0 Å². The summed E-state index contributed by atoms with van der Waals surface area (Å²) >= 11 is 1.73. The number of hydrogen-bond acceptors (Lipinski definition) is 4. The van der Waals surface area contributed by atoms with Crippen LogP contribution in [0.5, 0.6) is 0 Å². The lowest BCUT2D eigenvalue weighted by molar-refractivity contribution is 0.636. The topological polar surface area (TPSA) is 42.7 Å². The zero-order valence-electron chi connectivity index (χ0n) is 9.60. The third-order valence-electron chi connectivity index (χ3n) is 2.39. The summed E-state index contributed by atoms with van der Waals surface area (Å²) in [6.07, 6.45) is 4.77. The van der Waals surface area contributed by atoms with Crippen LogP contribution >= 0.6 is 11.3 Å². The van der Waals surface area contributed by atoms with E-state index in [0.29, 0.717) is 0 Å². The van der Waals surface area contributed by atoms with E-state index in [4.69, 9.17) is 0 Å². The van der Waals surface area contributed by atoms with Crippen LogP contribution in [0.15, 0.2) is 17.9 Å². The summed E-state index contributed by atoms with van der Waals surface area (Å²) < 4.78 is 2.17. The summed E-state index contributed by atoms with van der Waals surface area (Å²) in [5.41, 5.74) is 2.33. The maximum absolute atomic E-state index is 4.45. The molecule has 0 radical (unpaired) electrons. The summed E-state index contributed by atoms with van der Waals surface area (Å²) in [6.45, 7) is 3.84. The molecule has 0 aliphatic heterocycles. The van der Waals surface area contributed by atoms with Crippen LogP contribution in [0.1, 0.15) is 16.4 Å². The van der Waals surface area contributed by atoms with Crippen LogP contribution in [-0.4, -0.2) is 21.6 Å². The van der Waals surface area contributed by atoms with E-state index < -0.39 is 0 Å². The van der Waals surface area contributed by atoms with Crippen LogP contribution in [0.25, 0.3) is 0 Å². The zero-order valence-corrected chi connectivity index (χ0v) is 10.4. The van der Waals surface area contributed by atoms with Gasteiger partial charge in [-0.15, -0.1) is 11.3 Å². The summed E-state index contributed by atoms with van der Waals surface area (Å²) in [4.78, 5) is 8.62. The summed E-state index contributed by atoms with van der Waals surface area (Å²) in [5, 5.41) is 6.43. The van der Waals surface area contributed by atoms with Gasteiger partial charge in [0.15, 0.2) is 0 Å². The molecule has 0 bridgehead atoms. The van der Waals surface area contributed by atoms with Gasteiger partial charge in [0.1, 0.15) is 0 Å². The first-order chi connectivity index (χ1) is 7.79. The van der Waals surface area contributed by atoms with Crippen molar-refractivity contribution in [2.75, 3.05) is 7.05 Å². The lowest BCUT2D eigenvalue weighted by Crippen LogP contribution is -2.11. The third-order valence-corrected chi connectivity index (χ3v) is 3.42. The molecule has 4 nitrogen and oxygen atoms in total. The Labute approximate surface area is 99.4 Å². The largest absolute Gasteiger partial charge is 0.333 e. The van der Waals surface area contributed by atoms with Gasteiger partial charge >= 0.3 is 0 Å². The number of aryl methyl sites for hydroxylation is 3. The summed E-state index contributed by atoms with van der Waals surface area (Å²) in [6, 6.07) is 0. The lowest BCUT2D eigenvalue weighted by atomic mass is 10.4. The van der Waals surface area contributed by atoms with Crippen molar-refractivity contribution in [2.24, 2.45) is 0 Å². The molecule has 16 heavy (non-hydrogen) atoms. The van der Waals surface area contributed by atoms with Gasteiger partial charge in [0.05, 0.1) is 17.0 Å². The molecular weight excluding hydrogens is 220 g/mol. The Bertz CT molecular complexity index is 446. The maximum atomic E-state index is 4.45. The molecule has 5 heteroatoms. The highest BCUT2D eigenvalue weighted by Crippen LogP contribution is 2.10. The van der Waals surface area contributed by atoms with Gasteiger partial charge in [-0.2, -0.15) is 0 Å². The molecule has 0 aliphatic carbocycles. The monoisotopic (exact) mass is 236 g/mol. The van der Waals surface area contributed by atoms with E-state index in [1.807, 2.05) is 26.5 Å². The first kappa shape index (κ1) is 11.3. The van der Waals surface area contributed by atoms with Gasteiger partial charge in [0.2, 0.25) is 0 Å². The molecule has 0 spiro atoms. The molecule has 2 aromatic heterocycles. The molecule has 0 unspecified atom stereocenters. The number of hydrogen-bond donors (Lipinski definition) is 1. The fourth-order valence-electron chi connectivity index (χ4n) is 1.61. The second kappa shape index (κ2) is 5.23. The van der Waals surface area contributed by atoms with E-state index in [0.717, 1.165) is 25.2 Å². The van der Waals surface area contributed by atoms with Gasteiger partial charge < -0.3 is 9.88 Å². The second-order valence-corrected chi connectivity index (χ2v) is 4.68. The maximum Gasteiger partial charge on any atom is 0.0948 e. The highest BCUT2D eigenvalue weighted by molar-refractivity contribution is 7.09. The average molecular weight is 236 g/mol. The van der Waals surface area contributed by atoms with Crippen LogP contribution in [-0.2, 0) is 19.5 Å². The molecule has 0 fully saturated rings. The van der Waals surface area contributed by atoms with Gasteiger partial charge in [-0.05, 0) is 14.0 Å². The van der Waals surface area contributed by atoms with Crippen LogP contribution < -0.4 is 5.32 Å². The van der Waals surface area contributed by atoms with Gasteiger partial charge in [-0.3, -0.25) is 0 Å². The Morgan fingerprint density at radius 1 is 1.50 bits per heavy atom. The molecule has 1 N–H and O–H groups in total. The van der Waals surface area contributed by atoms with E-state index >= 15 is 0 Å². The summed E-state index contributed by atoms with van der Waals surface area (Å²) in [7, 11) is 1.95. The minimum Gasteiger partial charge on any atom is -0.333 e. The third kappa shape index (κ3) is 2.68. The minimum absolute atomic E-state index is 0.858. The zero-order chi connectivity index (χ0) is 11.4. The molecule has 0 aliphatic rings. The first-order valence-corrected chi connectivity index (χ1v) is 6.22. The molecule has 2 aromatic rings. The Balaban J connectivity index is 1.96. The summed E-state index contributed by atoms with van der Waals surface area (Å²) in [5.74, 6) is 0. The highest BCUT2D eigenvalue weighted by Gasteiger charge is 2.03. The van der Waals surface area contributed by atoms with Crippen LogP contribution in [0.4, 0.5) is 0 Å². The highest BCUT2D eigenvalue weighted by atomic mass is 32.1. The van der Waals surface area contributed by atoms with Crippen LogP contribution in [0.2, 0.25) is 0 Å². The van der Waals surface area contributed by atoms with Crippen molar-refractivity contribution in [2.45, 2.75) is 26.4 Å². The predicted molar refractivity (Wildman–Crippen MR) is 65.5 cm³/mol. The molecule has 0 atom stereocenters. The van der Waals surface area contributed by atoms with Gasteiger partial charge in [0, 0.05) is 36.8 Å². The fourth-order valence-corrected chi connectivity index (χ4v) is 2.38. The predicted octanol–water partition coefficient (Wildman–Crippen LogP) is 1.61. The molecule has 0 saturated carbocycles. The van der Waals surface area contributed by atoms with E-state index in [9.17, 15) is 0 Å². The Hall–Kier alpha value is -1.20. The van der Waals surface area contributed by atoms with Gasteiger partial charge in [-0.25, -0.2) is 9.97 Å². The average Bonchev–Trinajstić information content (AvgIpc) is 2.85. The SMILES string of the molecule is CNCc1cncn1CCc1nc(C)cs1. The number of rotatable bonds is 5. The van der Waals surface area contributed by atoms with Crippen molar-refractivity contribution in [3.8, 4) is 0 Å². The second-order valence-electron chi connectivity index (χ2n) is 3.74. The van der Waals surface area contributed by atoms with E-state index in [-0.39, 0.29) is 0 Å². The fraction of sp³-hybridized carbons (Fsp3) is 0.455. The molecule has 0 amide bonds. The van der Waals surface area contributed by atoms with Crippen molar-refractivity contribution in [3.05, 3.63) is 34.3 Å². The number of aromatic nitrogens is 3.